The third kappa shape index (κ3) is 2.61. The van der Waals surface area contributed by atoms with Gasteiger partial charge < -0.3 is 19.3 Å². The van der Waals surface area contributed by atoms with Gasteiger partial charge in [0.15, 0.2) is 17.3 Å². The number of anilines is 2. The lowest BCUT2D eigenvalue weighted by molar-refractivity contribution is 0.121. The molecule has 0 unspecified atom stereocenters. The lowest BCUT2D eigenvalue weighted by atomic mass is 10.2. The summed E-state index contributed by atoms with van der Waals surface area (Å²) in [6.07, 6.45) is 0. The van der Waals surface area contributed by atoms with Crippen LogP contribution in [-0.2, 0) is 9.47 Å². The maximum absolute atomic E-state index is 5.48. The van der Waals surface area contributed by atoms with Gasteiger partial charge in [-0.05, 0) is 0 Å². The highest BCUT2D eigenvalue weighted by Gasteiger charge is 2.32. The van der Waals surface area contributed by atoms with Gasteiger partial charge in [-0.2, -0.15) is 4.98 Å². The lowest BCUT2D eigenvalue weighted by Gasteiger charge is -2.32. The number of morpholine rings is 2. The van der Waals surface area contributed by atoms with E-state index in [2.05, 4.69) is 25.1 Å². The van der Waals surface area contributed by atoms with Crippen LogP contribution in [0.4, 0.5) is 17.5 Å². The van der Waals surface area contributed by atoms with Gasteiger partial charge in [0.05, 0.1) is 39.5 Å². The minimum absolute atomic E-state index is 0.690. The van der Waals surface area contributed by atoms with E-state index in [4.69, 9.17) is 19.4 Å². The van der Waals surface area contributed by atoms with Gasteiger partial charge >= 0.3 is 0 Å². The number of aliphatic imine (C=N–C) groups is 1. The third-order valence-corrected chi connectivity index (χ3v) is 4.74. The second kappa shape index (κ2) is 6.19. The molecule has 0 aliphatic carbocycles. The SMILES string of the molecule is C1CN2N=Nc3c(nc(N4CCOCC4)nc3N3CCOCC3)C2=N1. The fourth-order valence-electron chi connectivity index (χ4n) is 3.40. The lowest BCUT2D eigenvalue weighted by Crippen LogP contribution is -2.40. The molecule has 0 radical (unpaired) electrons. The van der Waals surface area contributed by atoms with E-state index >= 15 is 0 Å². The predicted octanol–water partition coefficient (Wildman–Crippen LogP) is 0.224. The maximum Gasteiger partial charge on any atom is 0.228 e. The van der Waals surface area contributed by atoms with E-state index < -0.39 is 0 Å². The molecule has 4 aliphatic heterocycles. The first kappa shape index (κ1) is 15.0. The average molecular weight is 344 g/mol. The minimum atomic E-state index is 0.690. The van der Waals surface area contributed by atoms with E-state index in [0.717, 1.165) is 68.3 Å². The highest BCUT2D eigenvalue weighted by atomic mass is 16.5. The molecule has 5 rings (SSSR count). The Morgan fingerprint density at radius 1 is 0.800 bits per heavy atom. The Morgan fingerprint density at radius 3 is 2.28 bits per heavy atom. The highest BCUT2D eigenvalue weighted by Crippen LogP contribution is 2.37. The van der Waals surface area contributed by atoms with Crippen LogP contribution in [0, 0.1) is 0 Å². The highest BCUT2D eigenvalue weighted by molar-refractivity contribution is 6.04. The van der Waals surface area contributed by atoms with Gasteiger partial charge in [0.1, 0.15) is 5.69 Å². The molecule has 0 atom stereocenters. The van der Waals surface area contributed by atoms with Crippen LogP contribution in [0.25, 0.3) is 0 Å². The van der Waals surface area contributed by atoms with Gasteiger partial charge in [0.2, 0.25) is 5.95 Å². The van der Waals surface area contributed by atoms with Crippen molar-refractivity contribution in [3.63, 3.8) is 0 Å². The van der Waals surface area contributed by atoms with Gasteiger partial charge in [0.25, 0.3) is 0 Å². The van der Waals surface area contributed by atoms with Crippen LogP contribution in [0.15, 0.2) is 15.3 Å². The fraction of sp³-hybridized carbons (Fsp3) is 0.667. The molecule has 0 bridgehead atoms. The molecule has 2 saturated heterocycles. The fourth-order valence-corrected chi connectivity index (χ4v) is 3.40. The van der Waals surface area contributed by atoms with Crippen molar-refractivity contribution in [1.82, 2.24) is 15.0 Å². The molecule has 2 fully saturated rings. The summed E-state index contributed by atoms with van der Waals surface area (Å²) in [5.41, 5.74) is 1.50. The summed E-state index contributed by atoms with van der Waals surface area (Å²) in [6, 6.07) is 0. The minimum Gasteiger partial charge on any atom is -0.378 e. The summed E-state index contributed by atoms with van der Waals surface area (Å²) in [5, 5.41) is 10.5. The molecule has 4 aliphatic rings. The quantitative estimate of drug-likeness (QED) is 0.758. The average Bonchev–Trinajstić information content (AvgIpc) is 3.18. The molecule has 132 valence electrons. The van der Waals surface area contributed by atoms with Crippen LogP contribution in [0.3, 0.4) is 0 Å². The van der Waals surface area contributed by atoms with E-state index in [9.17, 15) is 0 Å². The third-order valence-electron chi connectivity index (χ3n) is 4.74. The van der Waals surface area contributed by atoms with Gasteiger partial charge in [-0.1, -0.05) is 5.22 Å². The molecule has 10 nitrogen and oxygen atoms in total. The zero-order valence-corrected chi connectivity index (χ0v) is 14.0. The van der Waals surface area contributed by atoms with Gasteiger partial charge in [0, 0.05) is 26.2 Å². The molecule has 0 N–H and O–H groups in total. The zero-order chi connectivity index (χ0) is 16.6. The molecule has 1 aromatic heterocycles. The molecular formula is C15H20N8O2. The molecule has 0 amide bonds. The van der Waals surface area contributed by atoms with Crippen molar-refractivity contribution in [2.75, 3.05) is 75.5 Å². The monoisotopic (exact) mass is 344 g/mol. The van der Waals surface area contributed by atoms with Crippen LogP contribution >= 0.6 is 0 Å². The molecule has 0 saturated carbocycles. The first-order chi connectivity index (χ1) is 12.4. The van der Waals surface area contributed by atoms with Crippen molar-refractivity contribution < 1.29 is 9.47 Å². The zero-order valence-electron chi connectivity index (χ0n) is 14.0. The van der Waals surface area contributed by atoms with Gasteiger partial charge in [-0.3, -0.25) is 4.99 Å². The molecule has 1 aromatic rings. The predicted molar refractivity (Wildman–Crippen MR) is 90.7 cm³/mol. The van der Waals surface area contributed by atoms with E-state index in [1.165, 1.54) is 0 Å². The number of fused-ring (bicyclic) bond motifs is 3. The van der Waals surface area contributed by atoms with Crippen molar-refractivity contribution >= 4 is 23.3 Å². The second-order valence-electron chi connectivity index (χ2n) is 6.26. The Morgan fingerprint density at radius 2 is 1.52 bits per heavy atom. The molecule has 5 heterocycles. The summed E-state index contributed by atoms with van der Waals surface area (Å²) in [7, 11) is 0. The second-order valence-corrected chi connectivity index (χ2v) is 6.26. The molecule has 10 heteroatoms. The van der Waals surface area contributed by atoms with Crippen molar-refractivity contribution in [1.29, 1.82) is 0 Å². The first-order valence-electron chi connectivity index (χ1n) is 8.71. The normalized spacial score (nSPS) is 22.7. The summed E-state index contributed by atoms with van der Waals surface area (Å²) in [6.45, 7) is 7.40. The number of hydrogen-bond donors (Lipinski definition) is 0. The van der Waals surface area contributed by atoms with E-state index in [1.807, 2.05) is 5.01 Å². The molecular weight excluding hydrogens is 324 g/mol. The number of ether oxygens (including phenoxy) is 2. The first-order valence-corrected chi connectivity index (χ1v) is 8.71. The topological polar surface area (TPSA) is 91.0 Å². The van der Waals surface area contributed by atoms with E-state index in [0.29, 0.717) is 26.4 Å². The Labute approximate surface area is 145 Å². The summed E-state index contributed by atoms with van der Waals surface area (Å²) in [4.78, 5) is 18.6. The van der Waals surface area contributed by atoms with Gasteiger partial charge in [-0.15, -0.1) is 5.11 Å². The number of aromatic nitrogens is 2. The number of amidine groups is 1. The number of rotatable bonds is 2. The Balaban J connectivity index is 1.61. The molecule has 0 spiro atoms. The largest absolute Gasteiger partial charge is 0.378 e. The van der Waals surface area contributed by atoms with Gasteiger partial charge in [-0.25, -0.2) is 9.99 Å². The van der Waals surface area contributed by atoms with E-state index in [-0.39, 0.29) is 0 Å². The van der Waals surface area contributed by atoms with Crippen molar-refractivity contribution in [2.24, 2.45) is 15.3 Å². The van der Waals surface area contributed by atoms with Crippen LogP contribution in [0.5, 0.6) is 0 Å². The maximum atomic E-state index is 5.48. The number of nitrogens with zero attached hydrogens (tertiary/aromatic N) is 8. The van der Waals surface area contributed by atoms with Crippen molar-refractivity contribution in [3.8, 4) is 0 Å². The van der Waals surface area contributed by atoms with E-state index in [1.54, 1.807) is 0 Å². The van der Waals surface area contributed by atoms with Crippen LogP contribution in [0.2, 0.25) is 0 Å². The summed E-state index contributed by atoms with van der Waals surface area (Å²) < 4.78 is 10.9. The Bertz CT molecular complexity index is 724. The molecule has 0 aromatic carbocycles. The standard InChI is InChI=1S/C15H20N8O2/c1-2-23-13(16-1)11-12(19-20-23)14(21-3-7-24-8-4-21)18-15(17-11)22-5-9-25-10-6-22/h1-10H2. The van der Waals surface area contributed by atoms with Crippen molar-refractivity contribution in [3.05, 3.63) is 5.69 Å². The Kier molecular flexibility index (Phi) is 3.71. The Hall–Kier alpha value is -2.33. The van der Waals surface area contributed by atoms with Crippen LogP contribution in [-0.4, -0.2) is 86.5 Å². The van der Waals surface area contributed by atoms with Crippen LogP contribution in [0.1, 0.15) is 5.69 Å². The smallest absolute Gasteiger partial charge is 0.228 e. The summed E-state index contributed by atoms with van der Waals surface area (Å²) in [5.74, 6) is 2.35. The van der Waals surface area contributed by atoms with Crippen molar-refractivity contribution in [2.45, 2.75) is 0 Å². The number of hydrogen-bond acceptors (Lipinski definition) is 10. The molecule has 25 heavy (non-hydrogen) atoms. The van der Waals surface area contributed by atoms with Crippen LogP contribution < -0.4 is 9.80 Å². The summed E-state index contributed by atoms with van der Waals surface area (Å²) >= 11 is 0.